The van der Waals surface area contributed by atoms with E-state index in [-0.39, 0.29) is 11.4 Å². The Morgan fingerprint density at radius 2 is 1.79 bits per heavy atom. The molecular weight excluding hydrogens is 364 g/mol. The van der Waals surface area contributed by atoms with Crippen LogP contribution >= 0.6 is 0 Å². The van der Waals surface area contributed by atoms with Crippen LogP contribution in [0.4, 0.5) is 5.69 Å². The van der Waals surface area contributed by atoms with Crippen LogP contribution in [-0.4, -0.2) is 53.4 Å². The molecule has 1 amide bonds. The highest BCUT2D eigenvalue weighted by atomic mass is 16.5. The standard InChI is InChI=1S/C23H34N4O2/c1-7-29-21-11-9-8-10-19(21)25-12-14-26(15-13-25)22(28)18-16-20(17(2)3)27(24-18)23(4,5)6/h8-11,16-17H,7,12-15H2,1-6H3. The third-order valence-corrected chi connectivity index (χ3v) is 5.26. The van der Waals surface area contributed by atoms with Crippen LogP contribution in [0.3, 0.4) is 0 Å². The predicted molar refractivity (Wildman–Crippen MR) is 117 cm³/mol. The Balaban J connectivity index is 1.73. The van der Waals surface area contributed by atoms with Gasteiger partial charge in [-0.3, -0.25) is 9.48 Å². The van der Waals surface area contributed by atoms with E-state index in [1.807, 2.05) is 40.8 Å². The van der Waals surface area contributed by atoms with Gasteiger partial charge in [-0.05, 0) is 51.8 Å². The molecule has 1 fully saturated rings. The number of amides is 1. The molecule has 6 heteroatoms. The number of anilines is 1. The topological polar surface area (TPSA) is 50.6 Å². The first-order valence-electron chi connectivity index (χ1n) is 10.6. The van der Waals surface area contributed by atoms with E-state index in [0.29, 0.717) is 31.3 Å². The fraction of sp³-hybridized carbons (Fsp3) is 0.565. The van der Waals surface area contributed by atoms with Crippen molar-refractivity contribution in [2.45, 2.75) is 53.0 Å². The van der Waals surface area contributed by atoms with Crippen LogP contribution in [0.2, 0.25) is 0 Å². The lowest BCUT2D eigenvalue weighted by Gasteiger charge is -2.36. The number of carbonyl (C=O) groups is 1. The summed E-state index contributed by atoms with van der Waals surface area (Å²) in [5, 5.41) is 4.69. The summed E-state index contributed by atoms with van der Waals surface area (Å²) >= 11 is 0. The summed E-state index contributed by atoms with van der Waals surface area (Å²) in [6.45, 7) is 16.2. The molecule has 0 saturated carbocycles. The number of benzene rings is 1. The summed E-state index contributed by atoms with van der Waals surface area (Å²) < 4.78 is 7.77. The van der Waals surface area contributed by atoms with Crippen molar-refractivity contribution in [3.8, 4) is 5.75 Å². The summed E-state index contributed by atoms with van der Waals surface area (Å²) in [6.07, 6.45) is 0. The maximum absolute atomic E-state index is 13.1. The summed E-state index contributed by atoms with van der Waals surface area (Å²) in [5.41, 5.74) is 2.59. The smallest absolute Gasteiger partial charge is 0.274 e. The summed E-state index contributed by atoms with van der Waals surface area (Å²) in [6, 6.07) is 10.1. The molecule has 1 aliphatic rings. The Bertz CT molecular complexity index is 843. The van der Waals surface area contributed by atoms with Crippen molar-refractivity contribution in [3.63, 3.8) is 0 Å². The highest BCUT2D eigenvalue weighted by Gasteiger charge is 2.28. The molecule has 0 aliphatic carbocycles. The number of hydrogen-bond donors (Lipinski definition) is 0. The van der Waals surface area contributed by atoms with Gasteiger partial charge in [0, 0.05) is 31.9 Å². The maximum Gasteiger partial charge on any atom is 0.274 e. The molecule has 1 saturated heterocycles. The second-order valence-electron chi connectivity index (χ2n) is 8.87. The van der Waals surface area contributed by atoms with Gasteiger partial charge in [-0.2, -0.15) is 5.10 Å². The van der Waals surface area contributed by atoms with Crippen LogP contribution in [0, 0.1) is 0 Å². The van der Waals surface area contributed by atoms with E-state index in [9.17, 15) is 4.79 Å². The minimum Gasteiger partial charge on any atom is -0.492 e. The number of nitrogens with zero attached hydrogens (tertiary/aromatic N) is 4. The van der Waals surface area contributed by atoms with Crippen LogP contribution in [0.15, 0.2) is 30.3 Å². The molecule has 29 heavy (non-hydrogen) atoms. The van der Waals surface area contributed by atoms with Crippen molar-refractivity contribution in [1.82, 2.24) is 14.7 Å². The third-order valence-electron chi connectivity index (χ3n) is 5.26. The molecule has 2 heterocycles. The van der Waals surface area contributed by atoms with E-state index in [2.05, 4.69) is 50.7 Å². The van der Waals surface area contributed by atoms with Crippen molar-refractivity contribution in [3.05, 3.63) is 41.7 Å². The fourth-order valence-corrected chi connectivity index (χ4v) is 3.76. The molecule has 0 N–H and O–H groups in total. The van der Waals surface area contributed by atoms with Crippen molar-refractivity contribution >= 4 is 11.6 Å². The Labute approximate surface area is 174 Å². The number of para-hydroxylation sites is 2. The average molecular weight is 399 g/mol. The van der Waals surface area contributed by atoms with Gasteiger partial charge in [0.15, 0.2) is 5.69 Å². The highest BCUT2D eigenvalue weighted by molar-refractivity contribution is 5.92. The van der Waals surface area contributed by atoms with E-state index in [4.69, 9.17) is 4.74 Å². The van der Waals surface area contributed by atoms with Gasteiger partial charge in [-0.1, -0.05) is 26.0 Å². The van der Waals surface area contributed by atoms with Gasteiger partial charge in [0.05, 0.1) is 17.8 Å². The summed E-state index contributed by atoms with van der Waals surface area (Å²) in [5.74, 6) is 1.24. The van der Waals surface area contributed by atoms with Gasteiger partial charge in [0.2, 0.25) is 0 Å². The van der Waals surface area contributed by atoms with E-state index in [1.54, 1.807) is 0 Å². The largest absolute Gasteiger partial charge is 0.492 e. The molecule has 0 atom stereocenters. The zero-order valence-corrected chi connectivity index (χ0v) is 18.6. The van der Waals surface area contributed by atoms with Crippen LogP contribution < -0.4 is 9.64 Å². The lowest BCUT2D eigenvalue weighted by molar-refractivity contribution is 0.0739. The van der Waals surface area contributed by atoms with Gasteiger partial charge >= 0.3 is 0 Å². The van der Waals surface area contributed by atoms with Crippen molar-refractivity contribution in [1.29, 1.82) is 0 Å². The normalized spacial score (nSPS) is 15.1. The van der Waals surface area contributed by atoms with Gasteiger partial charge in [0.1, 0.15) is 5.75 Å². The van der Waals surface area contributed by atoms with Crippen molar-refractivity contribution < 1.29 is 9.53 Å². The Kier molecular flexibility index (Phi) is 6.20. The second kappa shape index (κ2) is 8.47. The Morgan fingerprint density at radius 1 is 1.14 bits per heavy atom. The molecule has 0 spiro atoms. The summed E-state index contributed by atoms with van der Waals surface area (Å²) in [4.78, 5) is 17.3. The molecule has 3 rings (SSSR count). The number of ether oxygens (including phenoxy) is 1. The third kappa shape index (κ3) is 4.57. The van der Waals surface area contributed by atoms with Gasteiger partial charge in [-0.25, -0.2) is 0 Å². The van der Waals surface area contributed by atoms with Crippen LogP contribution in [0.1, 0.15) is 63.6 Å². The number of carbonyl (C=O) groups excluding carboxylic acids is 1. The molecular formula is C23H34N4O2. The predicted octanol–water partition coefficient (Wildman–Crippen LogP) is 4.12. The van der Waals surface area contributed by atoms with E-state index < -0.39 is 0 Å². The molecule has 1 aliphatic heterocycles. The first-order valence-corrected chi connectivity index (χ1v) is 10.6. The van der Waals surface area contributed by atoms with Crippen molar-refractivity contribution in [2.75, 3.05) is 37.7 Å². The molecule has 2 aromatic rings. The molecule has 0 bridgehead atoms. The quantitative estimate of drug-likeness (QED) is 0.760. The highest BCUT2D eigenvalue weighted by Crippen LogP contribution is 2.29. The van der Waals surface area contributed by atoms with E-state index in [1.165, 1.54) is 0 Å². The molecule has 158 valence electrons. The van der Waals surface area contributed by atoms with Crippen LogP contribution in [0.25, 0.3) is 0 Å². The zero-order chi connectivity index (χ0) is 21.2. The minimum atomic E-state index is -0.153. The van der Waals surface area contributed by atoms with E-state index in [0.717, 1.165) is 30.2 Å². The lowest BCUT2D eigenvalue weighted by atomic mass is 10.1. The minimum absolute atomic E-state index is 0.0210. The van der Waals surface area contributed by atoms with Gasteiger partial charge in [-0.15, -0.1) is 0 Å². The van der Waals surface area contributed by atoms with Gasteiger partial charge < -0.3 is 14.5 Å². The lowest BCUT2D eigenvalue weighted by Crippen LogP contribution is -2.49. The number of aromatic nitrogens is 2. The monoisotopic (exact) mass is 398 g/mol. The Morgan fingerprint density at radius 3 is 2.34 bits per heavy atom. The maximum atomic E-state index is 13.1. The van der Waals surface area contributed by atoms with Crippen molar-refractivity contribution in [2.24, 2.45) is 0 Å². The second-order valence-corrected chi connectivity index (χ2v) is 8.87. The average Bonchev–Trinajstić information content (AvgIpc) is 3.15. The van der Waals surface area contributed by atoms with Crippen LogP contribution in [0.5, 0.6) is 5.75 Å². The fourth-order valence-electron chi connectivity index (χ4n) is 3.76. The number of hydrogen-bond acceptors (Lipinski definition) is 4. The summed E-state index contributed by atoms with van der Waals surface area (Å²) in [7, 11) is 0. The first-order chi connectivity index (χ1) is 13.7. The zero-order valence-electron chi connectivity index (χ0n) is 18.6. The molecule has 1 aromatic carbocycles. The molecule has 0 radical (unpaired) electrons. The van der Waals surface area contributed by atoms with Crippen LogP contribution in [-0.2, 0) is 5.54 Å². The SMILES string of the molecule is CCOc1ccccc1N1CCN(C(=O)c2cc(C(C)C)n(C(C)(C)C)n2)CC1. The number of rotatable bonds is 5. The molecule has 0 unspecified atom stereocenters. The van der Waals surface area contributed by atoms with Gasteiger partial charge in [0.25, 0.3) is 5.91 Å². The van der Waals surface area contributed by atoms with E-state index >= 15 is 0 Å². The Hall–Kier alpha value is -2.50. The molecule has 1 aromatic heterocycles. The molecule has 6 nitrogen and oxygen atoms in total. The first kappa shape index (κ1) is 21.2. The number of piperazine rings is 1.